The summed E-state index contributed by atoms with van der Waals surface area (Å²) in [5.74, 6) is -1.44. The number of likely N-dealkylation sites (N-methyl/N-ethyl adjacent to an activating group) is 1. The molecule has 0 bridgehead atoms. The summed E-state index contributed by atoms with van der Waals surface area (Å²) in [4.78, 5) is 34.4. The minimum absolute atomic E-state index is 0.284. The topological polar surface area (TPSA) is 95.9 Å². The Morgan fingerprint density at radius 1 is 1.25 bits per heavy atom. The van der Waals surface area contributed by atoms with Crippen LogP contribution in [-0.4, -0.2) is 48.7 Å². The van der Waals surface area contributed by atoms with Crippen LogP contribution in [0.3, 0.4) is 0 Å². The van der Waals surface area contributed by atoms with E-state index in [1.165, 1.54) is 14.2 Å². The molecule has 0 spiro atoms. The highest BCUT2D eigenvalue weighted by atomic mass is 16.5. The lowest BCUT2D eigenvalue weighted by molar-refractivity contribution is -0.137. The van der Waals surface area contributed by atoms with E-state index in [9.17, 15) is 14.4 Å². The molecule has 1 aromatic rings. The van der Waals surface area contributed by atoms with Crippen molar-refractivity contribution in [3.8, 4) is 0 Å². The number of aliphatic carboxylic acids is 1. The summed E-state index contributed by atoms with van der Waals surface area (Å²) in [5, 5.41) is 11.1. The Kier molecular flexibility index (Phi) is 5.52. The van der Waals surface area contributed by atoms with Crippen molar-refractivity contribution in [1.82, 2.24) is 10.2 Å². The van der Waals surface area contributed by atoms with Gasteiger partial charge in [0, 0.05) is 19.2 Å². The molecule has 7 nitrogen and oxygen atoms in total. The van der Waals surface area contributed by atoms with Crippen molar-refractivity contribution in [2.75, 3.05) is 20.7 Å². The molecule has 0 unspecified atom stereocenters. The number of carboxylic acids is 1. The molecule has 1 aromatic carbocycles. The normalized spacial score (nSPS) is 9.70. The molecule has 2 N–H and O–H groups in total. The van der Waals surface area contributed by atoms with Gasteiger partial charge in [-0.1, -0.05) is 12.1 Å². The van der Waals surface area contributed by atoms with Crippen molar-refractivity contribution >= 4 is 18.0 Å². The lowest BCUT2D eigenvalue weighted by Crippen LogP contribution is -2.31. The van der Waals surface area contributed by atoms with Crippen molar-refractivity contribution in [3.63, 3.8) is 0 Å². The average Bonchev–Trinajstić information content (AvgIpc) is 2.43. The van der Waals surface area contributed by atoms with Crippen molar-refractivity contribution in [2.24, 2.45) is 0 Å². The Morgan fingerprint density at radius 2 is 1.85 bits per heavy atom. The molecule has 1 rings (SSSR count). The molecule has 0 aliphatic heterocycles. The number of rotatable bonds is 5. The van der Waals surface area contributed by atoms with E-state index in [0.717, 1.165) is 10.5 Å². The maximum absolute atomic E-state index is 11.9. The van der Waals surface area contributed by atoms with Crippen LogP contribution in [0.1, 0.15) is 15.9 Å². The highest BCUT2D eigenvalue weighted by molar-refractivity contribution is 5.95. The molecule has 7 heteroatoms. The van der Waals surface area contributed by atoms with Gasteiger partial charge in [0.05, 0.1) is 7.11 Å². The molecule has 0 saturated heterocycles. The van der Waals surface area contributed by atoms with E-state index in [1.54, 1.807) is 24.3 Å². The summed E-state index contributed by atoms with van der Waals surface area (Å²) < 4.78 is 4.44. The fraction of sp³-hybridized carbons (Fsp3) is 0.308. The zero-order valence-electron chi connectivity index (χ0n) is 11.3. The van der Waals surface area contributed by atoms with Crippen LogP contribution in [-0.2, 0) is 16.1 Å². The summed E-state index contributed by atoms with van der Waals surface area (Å²) in [6.45, 7) is -0.0728. The summed E-state index contributed by atoms with van der Waals surface area (Å²) in [5.41, 5.74) is 1.18. The standard InChI is InChI=1S/C13H16N2O5/c1-15(8-11(16)17)12(18)10-5-3-9(4-6-10)7-14-13(19)20-2/h3-6H,7-8H2,1-2H3,(H,14,19)(H,16,17). The van der Waals surface area contributed by atoms with Gasteiger partial charge < -0.3 is 20.1 Å². The molecule has 0 aromatic heterocycles. The van der Waals surface area contributed by atoms with Gasteiger partial charge in [-0.25, -0.2) is 4.79 Å². The van der Waals surface area contributed by atoms with E-state index in [0.29, 0.717) is 5.56 Å². The summed E-state index contributed by atoms with van der Waals surface area (Å²) in [6.07, 6.45) is -0.536. The number of nitrogens with zero attached hydrogens (tertiary/aromatic N) is 1. The third kappa shape index (κ3) is 4.60. The first-order chi connectivity index (χ1) is 9.43. The third-order valence-corrected chi connectivity index (χ3v) is 2.54. The van der Waals surface area contributed by atoms with Crippen LogP contribution in [0.25, 0.3) is 0 Å². The molecular formula is C13H16N2O5. The predicted octanol–water partition coefficient (Wildman–Crippen LogP) is 0.699. The smallest absolute Gasteiger partial charge is 0.407 e. The van der Waals surface area contributed by atoms with E-state index in [2.05, 4.69) is 10.1 Å². The second-order valence-electron chi connectivity index (χ2n) is 4.10. The number of amides is 2. The Hall–Kier alpha value is -2.57. The fourth-order valence-corrected chi connectivity index (χ4v) is 1.51. The molecule has 2 amide bonds. The Bertz CT molecular complexity index is 498. The van der Waals surface area contributed by atoms with Gasteiger partial charge in [-0.2, -0.15) is 0 Å². The molecule has 0 heterocycles. The first-order valence-corrected chi connectivity index (χ1v) is 5.82. The fourth-order valence-electron chi connectivity index (χ4n) is 1.51. The zero-order chi connectivity index (χ0) is 15.1. The van der Waals surface area contributed by atoms with Crippen LogP contribution >= 0.6 is 0 Å². The van der Waals surface area contributed by atoms with E-state index in [-0.39, 0.29) is 19.0 Å². The highest BCUT2D eigenvalue weighted by Gasteiger charge is 2.14. The van der Waals surface area contributed by atoms with E-state index >= 15 is 0 Å². The lowest BCUT2D eigenvalue weighted by atomic mass is 10.1. The maximum Gasteiger partial charge on any atom is 0.407 e. The number of hydrogen-bond donors (Lipinski definition) is 2. The minimum atomic E-state index is -1.07. The largest absolute Gasteiger partial charge is 0.480 e. The van der Waals surface area contributed by atoms with Crippen molar-refractivity contribution in [2.45, 2.75) is 6.54 Å². The molecule has 0 saturated carbocycles. The van der Waals surface area contributed by atoms with Gasteiger partial charge in [0.2, 0.25) is 0 Å². The first kappa shape index (κ1) is 15.5. The van der Waals surface area contributed by atoms with Crippen molar-refractivity contribution in [3.05, 3.63) is 35.4 Å². The van der Waals surface area contributed by atoms with Crippen LogP contribution in [0.4, 0.5) is 4.79 Å². The monoisotopic (exact) mass is 280 g/mol. The Labute approximate surface area is 116 Å². The number of ether oxygens (including phenoxy) is 1. The predicted molar refractivity (Wildman–Crippen MR) is 70.3 cm³/mol. The first-order valence-electron chi connectivity index (χ1n) is 5.82. The lowest BCUT2D eigenvalue weighted by Gasteiger charge is -2.14. The molecule has 108 valence electrons. The quantitative estimate of drug-likeness (QED) is 0.827. The third-order valence-electron chi connectivity index (χ3n) is 2.54. The number of carboxylic acid groups (broad SMARTS) is 1. The number of alkyl carbamates (subject to hydrolysis) is 1. The number of carbonyl (C=O) groups is 3. The molecule has 0 aliphatic rings. The molecule has 0 aliphatic carbocycles. The van der Waals surface area contributed by atoms with Crippen LogP contribution in [0.5, 0.6) is 0 Å². The van der Waals surface area contributed by atoms with Gasteiger partial charge in [-0.3, -0.25) is 9.59 Å². The van der Waals surface area contributed by atoms with E-state index in [1.807, 2.05) is 0 Å². The minimum Gasteiger partial charge on any atom is -0.480 e. The Balaban J connectivity index is 2.63. The van der Waals surface area contributed by atoms with Crippen LogP contribution < -0.4 is 5.32 Å². The van der Waals surface area contributed by atoms with Gasteiger partial charge >= 0.3 is 12.1 Å². The molecule has 0 radical (unpaired) electrons. The average molecular weight is 280 g/mol. The number of benzene rings is 1. The molecule has 0 fully saturated rings. The summed E-state index contributed by atoms with van der Waals surface area (Å²) in [6, 6.07) is 6.51. The number of carbonyl (C=O) groups excluding carboxylic acids is 2. The Morgan fingerprint density at radius 3 is 2.35 bits per heavy atom. The van der Waals surface area contributed by atoms with Gasteiger partial charge in [0.15, 0.2) is 0 Å². The number of hydrogen-bond acceptors (Lipinski definition) is 4. The van der Waals surface area contributed by atoms with Gasteiger partial charge in [-0.05, 0) is 17.7 Å². The SMILES string of the molecule is COC(=O)NCc1ccc(C(=O)N(C)CC(=O)O)cc1. The molecule has 20 heavy (non-hydrogen) atoms. The maximum atomic E-state index is 11.9. The highest BCUT2D eigenvalue weighted by Crippen LogP contribution is 2.07. The molecular weight excluding hydrogens is 264 g/mol. The number of nitrogens with one attached hydrogen (secondary N) is 1. The van der Waals surface area contributed by atoms with Crippen LogP contribution in [0.2, 0.25) is 0 Å². The summed E-state index contributed by atoms with van der Waals surface area (Å²) >= 11 is 0. The summed E-state index contributed by atoms with van der Waals surface area (Å²) in [7, 11) is 2.69. The van der Waals surface area contributed by atoms with Crippen LogP contribution in [0.15, 0.2) is 24.3 Å². The zero-order valence-corrected chi connectivity index (χ0v) is 11.3. The van der Waals surface area contributed by atoms with Gasteiger partial charge in [0.1, 0.15) is 6.54 Å². The number of methoxy groups -OCH3 is 1. The van der Waals surface area contributed by atoms with E-state index in [4.69, 9.17) is 5.11 Å². The van der Waals surface area contributed by atoms with E-state index < -0.39 is 12.1 Å². The van der Waals surface area contributed by atoms with Crippen LogP contribution in [0, 0.1) is 0 Å². The van der Waals surface area contributed by atoms with Crippen molar-refractivity contribution in [1.29, 1.82) is 0 Å². The second kappa shape index (κ2) is 7.13. The molecule has 0 atom stereocenters. The second-order valence-corrected chi connectivity index (χ2v) is 4.10. The van der Waals surface area contributed by atoms with Gasteiger partial charge in [-0.15, -0.1) is 0 Å². The van der Waals surface area contributed by atoms with Gasteiger partial charge in [0.25, 0.3) is 5.91 Å². The van der Waals surface area contributed by atoms with Crippen molar-refractivity contribution < 1.29 is 24.2 Å².